The Morgan fingerprint density at radius 3 is 2.56 bits per heavy atom. The maximum absolute atomic E-state index is 9.10. The summed E-state index contributed by atoms with van der Waals surface area (Å²) in [5.41, 5.74) is 3.31. The topological polar surface area (TPSA) is 68.6 Å². The lowest BCUT2D eigenvalue weighted by Gasteiger charge is -2.08. The number of hydrogen-bond donors (Lipinski definition) is 1. The van der Waals surface area contributed by atoms with Gasteiger partial charge in [0.25, 0.3) is 0 Å². The molecular weight excluding hydrogens is 310 g/mol. The fourth-order valence-corrected chi connectivity index (χ4v) is 3.44. The van der Waals surface area contributed by atoms with Crippen molar-refractivity contribution in [2.45, 2.75) is 12.8 Å². The molecule has 5 heteroatoms. The highest BCUT2D eigenvalue weighted by Crippen LogP contribution is 2.31. The van der Waals surface area contributed by atoms with Gasteiger partial charge in [-0.1, -0.05) is 55.5 Å². The van der Waals surface area contributed by atoms with Crippen LogP contribution in [0.25, 0.3) is 22.5 Å². The van der Waals surface area contributed by atoms with Gasteiger partial charge in [0.15, 0.2) is 12.0 Å². The van der Waals surface area contributed by atoms with Gasteiger partial charge in [0.1, 0.15) is 5.82 Å². The molecule has 124 valence electrons. The summed E-state index contributed by atoms with van der Waals surface area (Å²) in [6, 6.07) is 18.5. The van der Waals surface area contributed by atoms with E-state index in [1.54, 1.807) is 4.90 Å². The van der Waals surface area contributed by atoms with Crippen LogP contribution >= 0.6 is 0 Å². The molecule has 5 nitrogen and oxygen atoms in total. The van der Waals surface area contributed by atoms with E-state index in [0.717, 1.165) is 23.5 Å². The van der Waals surface area contributed by atoms with Crippen molar-refractivity contribution in [2.24, 2.45) is 5.92 Å². The second kappa shape index (κ2) is 6.40. The van der Waals surface area contributed by atoms with Crippen LogP contribution in [0.3, 0.4) is 0 Å². The summed E-state index contributed by atoms with van der Waals surface area (Å²) in [5.74, 6) is 2.18. The largest absolute Gasteiger partial charge is 0.310 e. The van der Waals surface area contributed by atoms with Crippen molar-refractivity contribution in [2.75, 3.05) is 13.1 Å². The van der Waals surface area contributed by atoms with E-state index in [1.807, 2.05) is 30.3 Å². The van der Waals surface area contributed by atoms with Gasteiger partial charge in [0.2, 0.25) is 0 Å². The van der Waals surface area contributed by atoms with Gasteiger partial charge in [-0.05, 0) is 23.1 Å². The first kappa shape index (κ1) is 15.4. The third-order valence-electron chi connectivity index (χ3n) is 4.84. The summed E-state index contributed by atoms with van der Waals surface area (Å²) >= 11 is 0. The summed E-state index contributed by atoms with van der Waals surface area (Å²) in [4.78, 5) is 6.50. The van der Waals surface area contributed by atoms with Crippen LogP contribution in [0.1, 0.15) is 18.7 Å². The summed E-state index contributed by atoms with van der Waals surface area (Å²) < 4.78 is 0. The molecule has 0 saturated carbocycles. The summed E-state index contributed by atoms with van der Waals surface area (Å²) in [6.07, 6.45) is 2.23. The van der Waals surface area contributed by atoms with Crippen LogP contribution in [0, 0.1) is 17.4 Å². The van der Waals surface area contributed by atoms with E-state index in [1.165, 1.54) is 5.56 Å². The van der Waals surface area contributed by atoms with Gasteiger partial charge in [-0.3, -0.25) is 5.10 Å². The molecule has 1 aliphatic heterocycles. The zero-order valence-electron chi connectivity index (χ0n) is 14.1. The highest BCUT2D eigenvalue weighted by molar-refractivity contribution is 5.70. The molecule has 1 aliphatic rings. The van der Waals surface area contributed by atoms with Gasteiger partial charge >= 0.3 is 0 Å². The summed E-state index contributed by atoms with van der Waals surface area (Å²) in [6.45, 7) is 3.64. The molecule has 1 aromatic heterocycles. The number of nitrogens with one attached hydrogen (secondary N) is 1. The van der Waals surface area contributed by atoms with E-state index in [2.05, 4.69) is 47.6 Å². The van der Waals surface area contributed by atoms with Crippen LogP contribution in [0.5, 0.6) is 0 Å². The molecule has 0 spiro atoms. The number of aromatic amines is 1. The van der Waals surface area contributed by atoms with Gasteiger partial charge in [-0.15, -0.1) is 0 Å². The molecule has 3 aromatic rings. The van der Waals surface area contributed by atoms with Gasteiger partial charge in [-0.2, -0.15) is 10.4 Å². The zero-order chi connectivity index (χ0) is 17.2. The fraction of sp³-hybridized carbons (Fsp3) is 0.250. The molecule has 1 saturated heterocycles. The Morgan fingerprint density at radius 1 is 1.04 bits per heavy atom. The SMILES string of the molecule is C[C@@H]1CN(C#N)C[C@H]1c1nc(-c2cccc(-c3ccccc3)c2)n[nH]1. The van der Waals surface area contributed by atoms with Crippen LogP contribution in [0.15, 0.2) is 54.6 Å². The van der Waals surface area contributed by atoms with E-state index in [9.17, 15) is 0 Å². The number of hydrogen-bond acceptors (Lipinski definition) is 4. The molecule has 0 unspecified atom stereocenters. The molecule has 0 radical (unpaired) electrons. The minimum absolute atomic E-state index is 0.221. The third-order valence-corrected chi connectivity index (χ3v) is 4.84. The maximum Gasteiger partial charge on any atom is 0.181 e. The molecule has 2 aromatic carbocycles. The summed E-state index contributed by atoms with van der Waals surface area (Å²) in [5, 5.41) is 16.6. The second-order valence-corrected chi connectivity index (χ2v) is 6.58. The number of benzene rings is 2. The average molecular weight is 329 g/mol. The maximum atomic E-state index is 9.10. The van der Waals surface area contributed by atoms with Crippen molar-refractivity contribution in [1.82, 2.24) is 20.1 Å². The lowest BCUT2D eigenvalue weighted by Crippen LogP contribution is -2.13. The van der Waals surface area contributed by atoms with Gasteiger partial charge in [0, 0.05) is 24.6 Å². The van der Waals surface area contributed by atoms with Crippen molar-refractivity contribution in [3.8, 4) is 28.7 Å². The predicted molar refractivity (Wildman–Crippen MR) is 96.3 cm³/mol. The lowest BCUT2D eigenvalue weighted by atomic mass is 9.98. The molecule has 0 amide bonds. The van der Waals surface area contributed by atoms with Crippen LogP contribution in [-0.2, 0) is 0 Å². The van der Waals surface area contributed by atoms with Gasteiger partial charge in [0.05, 0.1) is 0 Å². The number of nitrogens with zero attached hydrogens (tertiary/aromatic N) is 4. The standard InChI is InChI=1S/C20H19N5/c1-14-11-25(13-21)12-18(14)20-22-19(23-24-20)17-9-5-8-16(10-17)15-6-3-2-4-7-15/h2-10,14,18H,11-12H2,1H3,(H,22,23,24)/t14-,18-/m1/s1. The van der Waals surface area contributed by atoms with Gasteiger partial charge < -0.3 is 4.90 Å². The van der Waals surface area contributed by atoms with E-state index in [-0.39, 0.29) is 5.92 Å². The summed E-state index contributed by atoms with van der Waals surface area (Å²) in [7, 11) is 0. The van der Waals surface area contributed by atoms with E-state index in [4.69, 9.17) is 10.2 Å². The van der Waals surface area contributed by atoms with Crippen molar-refractivity contribution in [1.29, 1.82) is 5.26 Å². The minimum atomic E-state index is 0.221. The number of nitriles is 1. The van der Waals surface area contributed by atoms with Crippen molar-refractivity contribution in [3.05, 3.63) is 60.4 Å². The Labute approximate surface area is 146 Å². The second-order valence-electron chi connectivity index (χ2n) is 6.58. The van der Waals surface area contributed by atoms with Crippen molar-refractivity contribution >= 4 is 0 Å². The molecule has 4 rings (SSSR count). The molecule has 2 heterocycles. The van der Waals surface area contributed by atoms with Crippen LogP contribution in [0.4, 0.5) is 0 Å². The highest BCUT2D eigenvalue weighted by Gasteiger charge is 2.32. The first-order chi connectivity index (χ1) is 12.2. The number of likely N-dealkylation sites (tertiary alicyclic amines) is 1. The predicted octanol–water partition coefficient (Wildman–Crippen LogP) is 3.66. The Kier molecular flexibility index (Phi) is 3.95. The van der Waals surface area contributed by atoms with Crippen molar-refractivity contribution < 1.29 is 0 Å². The Hall–Kier alpha value is -3.13. The Morgan fingerprint density at radius 2 is 1.80 bits per heavy atom. The normalized spacial score (nSPS) is 19.8. The van der Waals surface area contributed by atoms with Gasteiger partial charge in [-0.25, -0.2) is 4.98 Å². The fourth-order valence-electron chi connectivity index (χ4n) is 3.44. The monoisotopic (exact) mass is 329 g/mol. The first-order valence-electron chi connectivity index (χ1n) is 8.47. The quantitative estimate of drug-likeness (QED) is 0.745. The third kappa shape index (κ3) is 2.99. The number of aromatic nitrogens is 3. The highest BCUT2D eigenvalue weighted by atomic mass is 15.2. The smallest absolute Gasteiger partial charge is 0.181 e. The van der Waals surface area contributed by atoms with Crippen LogP contribution in [-0.4, -0.2) is 33.2 Å². The molecular formula is C20H19N5. The number of rotatable bonds is 3. The minimum Gasteiger partial charge on any atom is -0.310 e. The number of H-pyrrole nitrogens is 1. The van der Waals surface area contributed by atoms with E-state index >= 15 is 0 Å². The van der Waals surface area contributed by atoms with Crippen molar-refractivity contribution in [3.63, 3.8) is 0 Å². The van der Waals surface area contributed by atoms with E-state index < -0.39 is 0 Å². The van der Waals surface area contributed by atoms with Crippen LogP contribution in [0.2, 0.25) is 0 Å². The lowest BCUT2D eigenvalue weighted by molar-refractivity contribution is 0.465. The molecule has 25 heavy (non-hydrogen) atoms. The molecule has 1 fully saturated rings. The Bertz CT molecular complexity index is 909. The molecule has 1 N–H and O–H groups in total. The van der Waals surface area contributed by atoms with E-state index in [0.29, 0.717) is 18.3 Å². The van der Waals surface area contributed by atoms with Crippen LogP contribution < -0.4 is 0 Å². The average Bonchev–Trinajstić information content (AvgIpc) is 3.29. The molecule has 0 aliphatic carbocycles. The zero-order valence-corrected chi connectivity index (χ0v) is 14.1. The molecule has 0 bridgehead atoms. The molecule has 2 atom stereocenters. The Balaban J connectivity index is 1.62. The first-order valence-corrected chi connectivity index (χ1v) is 8.47.